The van der Waals surface area contributed by atoms with Crippen molar-refractivity contribution in [1.29, 1.82) is 0 Å². The van der Waals surface area contributed by atoms with E-state index in [1.165, 1.54) is 6.92 Å². The van der Waals surface area contributed by atoms with Crippen molar-refractivity contribution in [2.24, 2.45) is 39.4 Å². The monoisotopic (exact) mass is 516 g/mol. The summed E-state index contributed by atoms with van der Waals surface area (Å²) in [5.41, 5.74) is -0.557. The third-order valence-corrected chi connectivity index (χ3v) is 11.2. The zero-order valence-corrected chi connectivity index (χ0v) is 23.3. The van der Waals surface area contributed by atoms with Gasteiger partial charge in [-0.3, -0.25) is 14.4 Å². The summed E-state index contributed by atoms with van der Waals surface area (Å²) in [4.78, 5) is 38.0. The molecule has 7 nitrogen and oxygen atoms in total. The summed E-state index contributed by atoms with van der Waals surface area (Å²) in [5, 5.41) is 43.1. The molecule has 9 atom stereocenters. The molecule has 7 heteroatoms. The van der Waals surface area contributed by atoms with Crippen LogP contribution in [-0.2, 0) is 14.4 Å². The average Bonchev–Trinajstić information content (AvgIpc) is 2.99. The number of allylic oxidation sites excluding steroid dienone is 2. The van der Waals surface area contributed by atoms with Gasteiger partial charge in [-0.1, -0.05) is 60.1 Å². The summed E-state index contributed by atoms with van der Waals surface area (Å²) < 4.78 is 0. The molecule has 1 saturated carbocycles. The first-order chi connectivity index (χ1) is 16.9. The Hall–Kier alpha value is -1.83. The van der Waals surface area contributed by atoms with Crippen LogP contribution in [0.5, 0.6) is 0 Å². The fourth-order valence-corrected chi connectivity index (χ4v) is 8.76. The van der Waals surface area contributed by atoms with Gasteiger partial charge in [0.15, 0.2) is 5.78 Å². The van der Waals surface area contributed by atoms with E-state index in [0.717, 1.165) is 5.57 Å². The van der Waals surface area contributed by atoms with Gasteiger partial charge in [-0.05, 0) is 47.5 Å². The molecule has 0 aliphatic heterocycles. The molecule has 0 radical (unpaired) electrons. The van der Waals surface area contributed by atoms with Gasteiger partial charge < -0.3 is 20.4 Å². The van der Waals surface area contributed by atoms with Gasteiger partial charge in [-0.2, -0.15) is 0 Å². The second kappa shape index (κ2) is 8.85. The van der Waals surface area contributed by atoms with Crippen molar-refractivity contribution in [3.8, 4) is 0 Å². The maximum Gasteiger partial charge on any atom is 0.306 e. The van der Waals surface area contributed by atoms with Crippen LogP contribution in [0.1, 0.15) is 87.0 Å². The number of fused-ring (bicyclic) bond motifs is 4. The summed E-state index contributed by atoms with van der Waals surface area (Å²) in [6, 6.07) is 0. The summed E-state index contributed by atoms with van der Waals surface area (Å²) in [5.74, 6) is -2.31. The molecule has 0 heterocycles. The van der Waals surface area contributed by atoms with Crippen LogP contribution in [0.3, 0.4) is 0 Å². The number of hydrogen-bond acceptors (Lipinski definition) is 6. The van der Waals surface area contributed by atoms with E-state index in [4.69, 9.17) is 0 Å². The van der Waals surface area contributed by atoms with Gasteiger partial charge >= 0.3 is 5.97 Å². The normalized spacial score (nSPS) is 42.3. The lowest BCUT2D eigenvalue weighted by Gasteiger charge is -2.62. The van der Waals surface area contributed by atoms with E-state index in [-0.39, 0.29) is 42.7 Å². The molecular weight excluding hydrogens is 472 g/mol. The molecule has 4 aliphatic carbocycles. The number of carbonyl (C=O) groups is 3. The minimum atomic E-state index is -1.01. The van der Waals surface area contributed by atoms with E-state index < -0.39 is 51.9 Å². The maximum absolute atomic E-state index is 14.1. The van der Waals surface area contributed by atoms with E-state index >= 15 is 0 Å². The van der Waals surface area contributed by atoms with Crippen molar-refractivity contribution in [1.82, 2.24) is 0 Å². The summed E-state index contributed by atoms with van der Waals surface area (Å²) in [7, 11) is 0. The number of carboxylic acid groups (broad SMARTS) is 1. The molecule has 0 bridgehead atoms. The van der Waals surface area contributed by atoms with Crippen molar-refractivity contribution in [2.75, 3.05) is 0 Å². The molecule has 0 aromatic rings. The van der Waals surface area contributed by atoms with Crippen molar-refractivity contribution in [2.45, 2.75) is 105 Å². The largest absolute Gasteiger partial charge is 0.481 e. The number of aliphatic hydroxyl groups is 3. The van der Waals surface area contributed by atoms with Crippen LogP contribution in [0.4, 0.5) is 0 Å². The Bertz CT molecular complexity index is 1090. The van der Waals surface area contributed by atoms with Crippen LogP contribution in [0, 0.1) is 39.4 Å². The van der Waals surface area contributed by atoms with E-state index in [2.05, 4.69) is 6.92 Å². The standard InChI is InChI=1S/C30H44O7/c1-15(10-17(31)11-16(2)26(36)37)18-12-23(35)30(7)25-19(32)13-21-27(3,4)22(34)8-9-28(21,5)24(25)20(33)14-29(18,30)6/h12,15-16,19,21-23,32,34-35H,8-11,13-14H2,1-7H3,(H,36,37). The Kier molecular flexibility index (Phi) is 6.74. The van der Waals surface area contributed by atoms with Gasteiger partial charge in [0.1, 0.15) is 5.78 Å². The van der Waals surface area contributed by atoms with Gasteiger partial charge in [0.2, 0.25) is 0 Å². The summed E-state index contributed by atoms with van der Waals surface area (Å²) >= 11 is 0. The summed E-state index contributed by atoms with van der Waals surface area (Å²) in [6.07, 6.45) is 1.32. The van der Waals surface area contributed by atoms with Gasteiger partial charge in [-0.15, -0.1) is 0 Å². The second-order valence-corrected chi connectivity index (χ2v) is 13.7. The SMILES string of the molecule is CC(CC(=O)CC(C)C1=CC(O)C2(C)C3=C(C(=O)CC12C)C1(C)CCC(O)C(C)(C)C1CC3O)C(=O)O. The minimum absolute atomic E-state index is 0.0218. The Morgan fingerprint density at radius 3 is 2.27 bits per heavy atom. The average molecular weight is 517 g/mol. The summed E-state index contributed by atoms with van der Waals surface area (Å²) in [6.45, 7) is 13.5. The van der Waals surface area contributed by atoms with E-state index in [1.54, 1.807) is 6.08 Å². The highest BCUT2D eigenvalue weighted by Gasteiger charge is 2.67. The maximum atomic E-state index is 14.1. The van der Waals surface area contributed by atoms with Crippen LogP contribution in [0.25, 0.3) is 0 Å². The van der Waals surface area contributed by atoms with E-state index in [9.17, 15) is 34.8 Å². The molecule has 4 N–H and O–H groups in total. The highest BCUT2D eigenvalue weighted by molar-refractivity contribution is 6.00. The molecule has 9 unspecified atom stereocenters. The number of rotatable bonds is 6. The van der Waals surface area contributed by atoms with Crippen molar-refractivity contribution in [3.63, 3.8) is 0 Å². The molecule has 4 rings (SSSR count). The predicted octanol–water partition coefficient (Wildman–Crippen LogP) is 3.84. The quantitative estimate of drug-likeness (QED) is 0.394. The van der Waals surface area contributed by atoms with E-state index in [0.29, 0.717) is 30.4 Å². The molecule has 1 fully saturated rings. The Morgan fingerprint density at radius 1 is 1.05 bits per heavy atom. The van der Waals surface area contributed by atoms with Crippen LogP contribution >= 0.6 is 0 Å². The Balaban J connectivity index is 1.75. The third kappa shape index (κ3) is 3.82. The lowest BCUT2D eigenvalue weighted by Crippen LogP contribution is -2.61. The molecular formula is C30H44O7. The number of aliphatic carboxylic acids is 1. The van der Waals surface area contributed by atoms with Crippen molar-refractivity contribution >= 4 is 17.5 Å². The molecule has 206 valence electrons. The van der Waals surface area contributed by atoms with Crippen LogP contribution in [-0.4, -0.2) is 56.3 Å². The topological polar surface area (TPSA) is 132 Å². The Morgan fingerprint density at radius 2 is 1.68 bits per heavy atom. The number of Topliss-reactive ketones (excluding diaryl/α,β-unsaturated/α-hetero) is 2. The second-order valence-electron chi connectivity index (χ2n) is 13.7. The lowest BCUT2D eigenvalue weighted by atomic mass is 9.42. The zero-order chi connectivity index (χ0) is 27.9. The first-order valence-electron chi connectivity index (χ1n) is 13.7. The molecule has 0 aromatic heterocycles. The van der Waals surface area contributed by atoms with Gasteiger partial charge in [0, 0.05) is 35.7 Å². The molecule has 0 aromatic carbocycles. The van der Waals surface area contributed by atoms with Crippen LogP contribution in [0.2, 0.25) is 0 Å². The first kappa shape index (κ1) is 28.2. The van der Waals surface area contributed by atoms with Gasteiger partial charge in [0.25, 0.3) is 0 Å². The van der Waals surface area contributed by atoms with Crippen LogP contribution < -0.4 is 0 Å². The minimum Gasteiger partial charge on any atom is -0.481 e. The lowest BCUT2D eigenvalue weighted by molar-refractivity contribution is -0.143. The van der Waals surface area contributed by atoms with Crippen molar-refractivity contribution in [3.05, 3.63) is 22.8 Å². The number of carbonyl (C=O) groups excluding carboxylic acids is 2. The third-order valence-electron chi connectivity index (χ3n) is 11.2. The molecule has 0 spiro atoms. The molecule has 0 saturated heterocycles. The highest BCUT2D eigenvalue weighted by atomic mass is 16.4. The van der Waals surface area contributed by atoms with Crippen molar-refractivity contribution < 1.29 is 34.8 Å². The fourth-order valence-electron chi connectivity index (χ4n) is 8.76. The van der Waals surface area contributed by atoms with E-state index in [1.807, 2.05) is 34.6 Å². The first-order valence-corrected chi connectivity index (χ1v) is 13.7. The predicted molar refractivity (Wildman–Crippen MR) is 138 cm³/mol. The number of hydrogen-bond donors (Lipinski definition) is 4. The zero-order valence-electron chi connectivity index (χ0n) is 23.3. The molecule has 4 aliphatic rings. The number of aliphatic hydroxyl groups excluding tert-OH is 3. The number of carboxylic acids is 1. The molecule has 37 heavy (non-hydrogen) atoms. The fraction of sp³-hybridized carbons (Fsp3) is 0.767. The van der Waals surface area contributed by atoms with Gasteiger partial charge in [-0.25, -0.2) is 0 Å². The smallest absolute Gasteiger partial charge is 0.306 e. The van der Waals surface area contributed by atoms with Crippen LogP contribution in [0.15, 0.2) is 22.8 Å². The number of ketones is 2. The highest BCUT2D eigenvalue weighted by Crippen LogP contribution is 2.70. The Labute approximate surface area is 220 Å². The molecule has 0 amide bonds. The van der Waals surface area contributed by atoms with Gasteiger partial charge in [0.05, 0.1) is 24.2 Å².